The van der Waals surface area contributed by atoms with Crippen molar-refractivity contribution in [2.24, 2.45) is 0 Å². The third-order valence-electron chi connectivity index (χ3n) is 3.95. The van der Waals surface area contributed by atoms with Gasteiger partial charge in [-0.2, -0.15) is 0 Å². The van der Waals surface area contributed by atoms with Gasteiger partial charge in [0.05, 0.1) is 7.11 Å². The summed E-state index contributed by atoms with van der Waals surface area (Å²) >= 11 is 0. The Balaban J connectivity index is 1.93. The number of benzene rings is 1. The molecule has 2 saturated heterocycles. The first-order valence-corrected chi connectivity index (χ1v) is 6.46. The highest BCUT2D eigenvalue weighted by Gasteiger charge is 2.45. The topological polar surface area (TPSA) is 32.8 Å². The number of fused-ring (bicyclic) bond motifs is 1. The molecule has 1 aromatic rings. The third kappa shape index (κ3) is 1.77. The number of carbonyl (C=O) groups is 1. The summed E-state index contributed by atoms with van der Waals surface area (Å²) in [5.41, 5.74) is 1.17. The van der Waals surface area contributed by atoms with Gasteiger partial charge >= 0.3 is 6.09 Å². The van der Waals surface area contributed by atoms with Gasteiger partial charge in [-0.1, -0.05) is 30.3 Å². The summed E-state index contributed by atoms with van der Waals surface area (Å²) < 4.78 is 4.91. The summed E-state index contributed by atoms with van der Waals surface area (Å²) in [5.74, 6) is 0. The molecule has 0 aromatic heterocycles. The van der Waals surface area contributed by atoms with Crippen LogP contribution in [-0.2, 0) is 4.74 Å². The highest BCUT2D eigenvalue weighted by Crippen LogP contribution is 2.38. The molecule has 4 heteroatoms. The van der Waals surface area contributed by atoms with Crippen molar-refractivity contribution in [1.29, 1.82) is 0 Å². The molecule has 96 valence electrons. The van der Waals surface area contributed by atoms with E-state index in [2.05, 4.69) is 17.0 Å². The van der Waals surface area contributed by atoms with E-state index in [-0.39, 0.29) is 12.3 Å². The van der Waals surface area contributed by atoms with Gasteiger partial charge in [-0.15, -0.1) is 0 Å². The van der Waals surface area contributed by atoms with Crippen LogP contribution >= 0.6 is 0 Å². The smallest absolute Gasteiger partial charge is 0.411 e. The van der Waals surface area contributed by atoms with Gasteiger partial charge in [-0.25, -0.2) is 4.79 Å². The molecule has 2 heterocycles. The molecule has 2 unspecified atom stereocenters. The maximum atomic E-state index is 11.9. The largest absolute Gasteiger partial charge is 0.453 e. The van der Waals surface area contributed by atoms with Crippen molar-refractivity contribution >= 4 is 6.09 Å². The minimum absolute atomic E-state index is 0.0474. The first-order chi connectivity index (χ1) is 8.81. The van der Waals surface area contributed by atoms with E-state index in [9.17, 15) is 4.79 Å². The number of nitrogens with zero attached hydrogens (tertiary/aromatic N) is 2. The monoisotopic (exact) mass is 246 g/mol. The van der Waals surface area contributed by atoms with Crippen LogP contribution in [0, 0.1) is 0 Å². The Morgan fingerprint density at radius 1 is 1.33 bits per heavy atom. The Labute approximate surface area is 107 Å². The lowest BCUT2D eigenvalue weighted by atomic mass is 10.1. The lowest BCUT2D eigenvalue weighted by Gasteiger charge is -2.28. The van der Waals surface area contributed by atoms with E-state index in [4.69, 9.17) is 4.74 Å². The molecule has 0 aliphatic carbocycles. The molecule has 2 fully saturated rings. The summed E-state index contributed by atoms with van der Waals surface area (Å²) in [6.07, 6.45) is 2.23. The van der Waals surface area contributed by atoms with Crippen LogP contribution in [0.25, 0.3) is 0 Å². The number of hydrogen-bond donors (Lipinski definition) is 0. The van der Waals surface area contributed by atoms with Gasteiger partial charge in [0.15, 0.2) is 0 Å². The van der Waals surface area contributed by atoms with Crippen molar-refractivity contribution in [3.63, 3.8) is 0 Å². The van der Waals surface area contributed by atoms with Crippen molar-refractivity contribution < 1.29 is 9.53 Å². The van der Waals surface area contributed by atoms with E-state index in [1.165, 1.54) is 25.5 Å². The molecule has 1 amide bonds. The Kier molecular flexibility index (Phi) is 2.96. The molecule has 0 saturated carbocycles. The van der Waals surface area contributed by atoms with E-state index in [0.717, 1.165) is 13.1 Å². The first kappa shape index (κ1) is 11.5. The molecule has 0 bridgehead atoms. The normalized spacial score (nSPS) is 27.3. The number of methoxy groups -OCH3 is 1. The van der Waals surface area contributed by atoms with Crippen LogP contribution in [-0.4, -0.2) is 42.1 Å². The van der Waals surface area contributed by atoms with Gasteiger partial charge in [0.2, 0.25) is 0 Å². The molecule has 0 spiro atoms. The van der Waals surface area contributed by atoms with Gasteiger partial charge in [0, 0.05) is 19.1 Å². The predicted molar refractivity (Wildman–Crippen MR) is 68.0 cm³/mol. The zero-order valence-corrected chi connectivity index (χ0v) is 10.6. The fraction of sp³-hybridized carbons (Fsp3) is 0.500. The van der Waals surface area contributed by atoms with Crippen molar-refractivity contribution in [3.05, 3.63) is 35.9 Å². The molecular weight excluding hydrogens is 228 g/mol. The summed E-state index contributed by atoms with van der Waals surface area (Å²) in [4.78, 5) is 16.2. The maximum Gasteiger partial charge on any atom is 0.411 e. The molecule has 2 aliphatic heterocycles. The van der Waals surface area contributed by atoms with Gasteiger partial charge in [0.25, 0.3) is 0 Å². The molecule has 0 N–H and O–H groups in total. The molecule has 3 rings (SSSR count). The van der Waals surface area contributed by atoms with Gasteiger partial charge in [0.1, 0.15) is 6.17 Å². The number of rotatable bonds is 1. The summed E-state index contributed by atoms with van der Waals surface area (Å²) in [5, 5.41) is 0. The van der Waals surface area contributed by atoms with Crippen LogP contribution in [0.4, 0.5) is 4.79 Å². The number of carbonyl (C=O) groups excluding carboxylic acids is 1. The Hall–Kier alpha value is -1.55. The Morgan fingerprint density at radius 2 is 2.11 bits per heavy atom. The fourth-order valence-corrected chi connectivity index (χ4v) is 3.17. The maximum absolute atomic E-state index is 11.9. The van der Waals surface area contributed by atoms with Crippen LogP contribution in [0.1, 0.15) is 24.6 Å². The minimum Gasteiger partial charge on any atom is -0.453 e. The second kappa shape index (κ2) is 4.61. The molecule has 2 aliphatic rings. The predicted octanol–water partition coefficient (Wildman–Crippen LogP) is 2.23. The van der Waals surface area contributed by atoms with E-state index in [1.807, 2.05) is 23.1 Å². The van der Waals surface area contributed by atoms with Gasteiger partial charge in [-0.05, 0) is 18.4 Å². The van der Waals surface area contributed by atoms with Crippen molar-refractivity contribution in [1.82, 2.24) is 9.80 Å². The zero-order valence-electron chi connectivity index (χ0n) is 10.6. The molecule has 18 heavy (non-hydrogen) atoms. The van der Waals surface area contributed by atoms with Crippen LogP contribution < -0.4 is 0 Å². The van der Waals surface area contributed by atoms with E-state index < -0.39 is 0 Å². The van der Waals surface area contributed by atoms with Gasteiger partial charge in [-0.3, -0.25) is 9.80 Å². The van der Waals surface area contributed by atoms with Crippen LogP contribution in [0.5, 0.6) is 0 Å². The Morgan fingerprint density at radius 3 is 2.83 bits per heavy atom. The Bertz CT molecular complexity index is 435. The number of hydrogen-bond acceptors (Lipinski definition) is 3. The van der Waals surface area contributed by atoms with E-state index in [0.29, 0.717) is 6.04 Å². The number of ether oxygens (including phenoxy) is 1. The summed E-state index contributed by atoms with van der Waals surface area (Å²) in [6, 6.07) is 10.7. The second-order valence-electron chi connectivity index (χ2n) is 4.94. The fourth-order valence-electron chi connectivity index (χ4n) is 3.17. The van der Waals surface area contributed by atoms with E-state index >= 15 is 0 Å². The minimum atomic E-state index is -0.224. The number of amides is 1. The average Bonchev–Trinajstić information content (AvgIpc) is 2.98. The standard InChI is InChI=1S/C14H18N2O2/c1-18-14(17)16-10-12-8-5-9-15(12)13(16)11-6-3-2-4-7-11/h2-4,6-7,12-13H,5,8-10H2,1H3. The van der Waals surface area contributed by atoms with Crippen LogP contribution in [0.15, 0.2) is 30.3 Å². The zero-order chi connectivity index (χ0) is 12.5. The molecule has 4 nitrogen and oxygen atoms in total. The molecule has 0 radical (unpaired) electrons. The lowest BCUT2D eigenvalue weighted by Crippen LogP contribution is -2.35. The van der Waals surface area contributed by atoms with Crippen molar-refractivity contribution in [3.8, 4) is 0 Å². The summed E-state index contributed by atoms with van der Waals surface area (Å²) in [6.45, 7) is 1.85. The van der Waals surface area contributed by atoms with E-state index in [1.54, 1.807) is 0 Å². The third-order valence-corrected chi connectivity index (χ3v) is 3.95. The molecule has 1 aromatic carbocycles. The second-order valence-corrected chi connectivity index (χ2v) is 4.94. The first-order valence-electron chi connectivity index (χ1n) is 6.46. The highest BCUT2D eigenvalue weighted by molar-refractivity contribution is 5.68. The highest BCUT2D eigenvalue weighted by atomic mass is 16.5. The molecule has 2 atom stereocenters. The SMILES string of the molecule is COC(=O)N1CC2CCCN2C1c1ccccc1. The van der Waals surface area contributed by atoms with Crippen LogP contribution in [0.3, 0.4) is 0 Å². The van der Waals surface area contributed by atoms with Crippen molar-refractivity contribution in [2.75, 3.05) is 20.2 Å². The van der Waals surface area contributed by atoms with Gasteiger partial charge < -0.3 is 4.74 Å². The average molecular weight is 246 g/mol. The lowest BCUT2D eigenvalue weighted by molar-refractivity contribution is 0.0929. The van der Waals surface area contributed by atoms with Crippen LogP contribution in [0.2, 0.25) is 0 Å². The van der Waals surface area contributed by atoms with Crippen molar-refractivity contribution in [2.45, 2.75) is 25.0 Å². The molecular formula is C14H18N2O2. The quantitative estimate of drug-likeness (QED) is 0.761. The summed E-state index contributed by atoms with van der Waals surface area (Å²) in [7, 11) is 1.45.